The molecule has 0 aromatic heterocycles. The summed E-state index contributed by atoms with van der Waals surface area (Å²) in [6.07, 6.45) is 1.24. The van der Waals surface area contributed by atoms with Crippen molar-refractivity contribution in [1.29, 1.82) is 0 Å². The first-order valence-corrected chi connectivity index (χ1v) is 7.91. The van der Waals surface area contributed by atoms with Crippen LogP contribution in [0, 0.1) is 6.92 Å². The molecule has 1 aromatic rings. The van der Waals surface area contributed by atoms with Crippen molar-refractivity contribution in [3.05, 3.63) is 29.3 Å². The second-order valence-corrected chi connectivity index (χ2v) is 7.21. The number of benzene rings is 1. The van der Waals surface area contributed by atoms with Gasteiger partial charge >= 0.3 is 0 Å². The molecule has 1 fully saturated rings. The molecule has 0 saturated carbocycles. The number of phenolic OH excluding ortho intramolecular Hbond substituents is 1. The highest BCUT2D eigenvalue weighted by Gasteiger charge is 2.31. The van der Waals surface area contributed by atoms with Gasteiger partial charge in [-0.1, -0.05) is 12.1 Å². The molecule has 19 heavy (non-hydrogen) atoms. The first kappa shape index (κ1) is 13.9. The van der Waals surface area contributed by atoms with E-state index in [4.69, 9.17) is 0 Å². The molecule has 1 aliphatic rings. The number of rotatable bonds is 3. The molecule has 1 unspecified atom stereocenters. The van der Waals surface area contributed by atoms with Gasteiger partial charge in [-0.2, -0.15) is 0 Å². The van der Waals surface area contributed by atoms with Gasteiger partial charge in [0, 0.05) is 6.54 Å². The zero-order chi connectivity index (χ0) is 14.0. The highest BCUT2D eigenvalue weighted by Crippen LogP contribution is 2.22. The number of aromatic hydroxyl groups is 1. The number of hydrogen-bond acceptors (Lipinski definition) is 4. The topological polar surface area (TPSA) is 83.5 Å². The first-order chi connectivity index (χ1) is 8.92. The predicted octanol–water partition coefficient (Wildman–Crippen LogP) is 1.01. The van der Waals surface area contributed by atoms with E-state index in [0.29, 0.717) is 18.4 Å². The minimum atomic E-state index is -3.06. The molecular weight excluding hydrogens is 266 g/mol. The highest BCUT2D eigenvalue weighted by molar-refractivity contribution is 7.92. The van der Waals surface area contributed by atoms with Gasteiger partial charge in [0.25, 0.3) is 5.91 Å². The Labute approximate surface area is 112 Å². The standard InChI is InChI=1S/C13H17NO4S/c1-9-4-2-6-11(12(9)15)13(16)14-8-10-5-3-7-19(10,17)18/h2,4,6,10,15H,3,5,7-8H2,1H3,(H,14,16). The van der Waals surface area contributed by atoms with Gasteiger partial charge in [0.15, 0.2) is 9.84 Å². The van der Waals surface area contributed by atoms with Crippen LogP contribution >= 0.6 is 0 Å². The van der Waals surface area contributed by atoms with Gasteiger partial charge in [0.2, 0.25) is 0 Å². The van der Waals surface area contributed by atoms with Crippen LogP contribution in [-0.4, -0.2) is 37.0 Å². The molecule has 6 heteroatoms. The van der Waals surface area contributed by atoms with Crippen molar-refractivity contribution in [3.63, 3.8) is 0 Å². The number of phenols is 1. The number of para-hydroxylation sites is 1. The number of nitrogens with one attached hydrogen (secondary N) is 1. The van der Waals surface area contributed by atoms with Crippen LogP contribution in [0.3, 0.4) is 0 Å². The molecule has 1 aromatic carbocycles. The second kappa shape index (κ2) is 5.21. The van der Waals surface area contributed by atoms with E-state index in [1.54, 1.807) is 19.1 Å². The van der Waals surface area contributed by atoms with E-state index in [1.807, 2.05) is 0 Å². The molecular formula is C13H17NO4S. The lowest BCUT2D eigenvalue weighted by atomic mass is 10.1. The molecule has 1 amide bonds. The van der Waals surface area contributed by atoms with Crippen LogP contribution in [0.15, 0.2) is 18.2 Å². The first-order valence-electron chi connectivity index (χ1n) is 6.20. The molecule has 1 atom stereocenters. The van der Waals surface area contributed by atoms with E-state index in [0.717, 1.165) is 0 Å². The zero-order valence-corrected chi connectivity index (χ0v) is 11.5. The third-order valence-corrected chi connectivity index (χ3v) is 5.71. The zero-order valence-electron chi connectivity index (χ0n) is 10.7. The number of amides is 1. The number of carbonyl (C=O) groups excluding carboxylic acids is 1. The monoisotopic (exact) mass is 283 g/mol. The van der Waals surface area contributed by atoms with Crippen molar-refractivity contribution >= 4 is 15.7 Å². The van der Waals surface area contributed by atoms with Crippen LogP contribution in [-0.2, 0) is 9.84 Å². The fourth-order valence-electron chi connectivity index (χ4n) is 2.23. The summed E-state index contributed by atoms with van der Waals surface area (Å²) in [5.41, 5.74) is 0.788. The number of aryl methyl sites for hydroxylation is 1. The maximum atomic E-state index is 11.9. The molecule has 0 bridgehead atoms. The number of sulfone groups is 1. The largest absolute Gasteiger partial charge is 0.507 e. The van der Waals surface area contributed by atoms with Crippen molar-refractivity contribution in [2.75, 3.05) is 12.3 Å². The SMILES string of the molecule is Cc1cccc(C(=O)NCC2CCCS2(=O)=O)c1O. The Bertz CT molecular complexity index is 595. The van der Waals surface area contributed by atoms with Crippen molar-refractivity contribution in [2.24, 2.45) is 0 Å². The van der Waals surface area contributed by atoms with Gasteiger partial charge in [-0.15, -0.1) is 0 Å². The average molecular weight is 283 g/mol. The van der Waals surface area contributed by atoms with E-state index in [1.165, 1.54) is 6.07 Å². The quantitative estimate of drug-likeness (QED) is 0.867. The molecule has 2 rings (SSSR count). The summed E-state index contributed by atoms with van der Waals surface area (Å²) in [4.78, 5) is 11.9. The van der Waals surface area contributed by atoms with Gasteiger partial charge in [0.05, 0.1) is 16.6 Å². The molecule has 2 N–H and O–H groups in total. The molecule has 1 aliphatic heterocycles. The smallest absolute Gasteiger partial charge is 0.255 e. The molecule has 0 spiro atoms. The van der Waals surface area contributed by atoms with Crippen molar-refractivity contribution in [1.82, 2.24) is 5.32 Å². The maximum Gasteiger partial charge on any atom is 0.255 e. The fourth-order valence-corrected chi connectivity index (χ4v) is 4.00. The van der Waals surface area contributed by atoms with Gasteiger partial charge in [0.1, 0.15) is 5.75 Å². The summed E-state index contributed by atoms with van der Waals surface area (Å²) in [7, 11) is -3.06. The molecule has 1 heterocycles. The molecule has 104 valence electrons. The van der Waals surface area contributed by atoms with E-state index in [2.05, 4.69) is 5.32 Å². The van der Waals surface area contributed by atoms with Crippen LogP contribution in [0.4, 0.5) is 0 Å². The third kappa shape index (κ3) is 2.89. The van der Waals surface area contributed by atoms with Crippen LogP contribution in [0.5, 0.6) is 5.75 Å². The van der Waals surface area contributed by atoms with E-state index >= 15 is 0 Å². The fraction of sp³-hybridized carbons (Fsp3) is 0.462. The van der Waals surface area contributed by atoms with Gasteiger partial charge in [-0.05, 0) is 31.4 Å². The Kier molecular flexibility index (Phi) is 3.80. The molecule has 1 saturated heterocycles. The summed E-state index contributed by atoms with van der Waals surface area (Å²) < 4.78 is 23.3. The van der Waals surface area contributed by atoms with E-state index in [9.17, 15) is 18.3 Å². The van der Waals surface area contributed by atoms with Crippen molar-refractivity contribution in [3.8, 4) is 5.75 Å². The average Bonchev–Trinajstić information content (AvgIpc) is 2.69. The van der Waals surface area contributed by atoms with E-state index < -0.39 is 21.0 Å². The summed E-state index contributed by atoms with van der Waals surface area (Å²) >= 11 is 0. The number of hydrogen-bond donors (Lipinski definition) is 2. The van der Waals surface area contributed by atoms with Crippen LogP contribution in [0.1, 0.15) is 28.8 Å². The molecule has 0 radical (unpaired) electrons. The summed E-state index contributed by atoms with van der Waals surface area (Å²) in [5, 5.41) is 11.9. The van der Waals surface area contributed by atoms with Gasteiger partial charge in [-0.25, -0.2) is 8.42 Å². The lowest BCUT2D eigenvalue weighted by Crippen LogP contribution is -2.34. The molecule has 0 aliphatic carbocycles. The highest BCUT2D eigenvalue weighted by atomic mass is 32.2. The van der Waals surface area contributed by atoms with Crippen LogP contribution in [0.2, 0.25) is 0 Å². The van der Waals surface area contributed by atoms with Crippen LogP contribution in [0.25, 0.3) is 0 Å². The van der Waals surface area contributed by atoms with Gasteiger partial charge < -0.3 is 10.4 Å². The Hall–Kier alpha value is -1.56. The predicted molar refractivity (Wildman–Crippen MR) is 72.0 cm³/mol. The second-order valence-electron chi connectivity index (χ2n) is 4.81. The lowest BCUT2D eigenvalue weighted by molar-refractivity contribution is 0.0951. The minimum Gasteiger partial charge on any atom is -0.507 e. The number of carbonyl (C=O) groups is 1. The summed E-state index contributed by atoms with van der Waals surface area (Å²) in [6, 6.07) is 4.89. The summed E-state index contributed by atoms with van der Waals surface area (Å²) in [6.45, 7) is 1.81. The minimum absolute atomic E-state index is 0.0609. The summed E-state index contributed by atoms with van der Waals surface area (Å²) in [5.74, 6) is -0.305. The maximum absolute atomic E-state index is 11.9. The Morgan fingerprint density at radius 3 is 2.84 bits per heavy atom. The lowest BCUT2D eigenvalue weighted by Gasteiger charge is -2.12. The third-order valence-electron chi connectivity index (χ3n) is 3.44. The normalized spacial score (nSPS) is 21.2. The van der Waals surface area contributed by atoms with Crippen LogP contribution < -0.4 is 5.32 Å². The van der Waals surface area contributed by atoms with Crippen molar-refractivity contribution in [2.45, 2.75) is 25.0 Å². The Balaban J connectivity index is 2.04. The Morgan fingerprint density at radius 1 is 1.47 bits per heavy atom. The Morgan fingerprint density at radius 2 is 2.21 bits per heavy atom. The molecule has 5 nitrogen and oxygen atoms in total. The van der Waals surface area contributed by atoms with E-state index in [-0.39, 0.29) is 23.6 Å². The van der Waals surface area contributed by atoms with Crippen molar-refractivity contribution < 1.29 is 18.3 Å². The van der Waals surface area contributed by atoms with Gasteiger partial charge in [-0.3, -0.25) is 4.79 Å².